The highest BCUT2D eigenvalue weighted by Gasteiger charge is 2.53. The van der Waals surface area contributed by atoms with Crippen LogP contribution < -0.4 is 0 Å². The normalized spacial score (nSPS) is 27.7. The number of hydroxylamine groups is 2. The molecule has 34 heavy (non-hydrogen) atoms. The van der Waals surface area contributed by atoms with Crippen LogP contribution in [0.3, 0.4) is 0 Å². The summed E-state index contributed by atoms with van der Waals surface area (Å²) < 4.78 is 5.99. The van der Waals surface area contributed by atoms with E-state index in [2.05, 4.69) is 41.5 Å². The van der Waals surface area contributed by atoms with Crippen molar-refractivity contribution in [2.24, 2.45) is 5.92 Å². The van der Waals surface area contributed by atoms with Crippen LogP contribution in [-0.2, 0) is 9.53 Å². The first kappa shape index (κ1) is 31.4. The highest BCUT2D eigenvalue weighted by atomic mass is 16.5. The topological polar surface area (TPSA) is 49.8 Å². The van der Waals surface area contributed by atoms with Gasteiger partial charge >= 0.3 is 5.97 Å². The van der Waals surface area contributed by atoms with E-state index < -0.39 is 0 Å². The second kappa shape index (κ2) is 17.0. The quantitative estimate of drug-likeness (QED) is 0.147. The Balaban J connectivity index is 2.12. The van der Waals surface area contributed by atoms with E-state index in [1.54, 1.807) is 5.06 Å². The van der Waals surface area contributed by atoms with E-state index in [0.29, 0.717) is 12.8 Å². The maximum atomic E-state index is 12.6. The van der Waals surface area contributed by atoms with Crippen molar-refractivity contribution in [3.63, 3.8) is 0 Å². The van der Waals surface area contributed by atoms with Gasteiger partial charge < -0.3 is 9.94 Å². The Kier molecular flexibility index (Phi) is 15.7. The first-order chi connectivity index (χ1) is 16.2. The Hall–Kier alpha value is -0.610. The van der Waals surface area contributed by atoms with E-state index >= 15 is 0 Å². The summed E-state index contributed by atoms with van der Waals surface area (Å²) in [5.41, 5.74) is -0.723. The lowest BCUT2D eigenvalue weighted by atomic mass is 9.69. The van der Waals surface area contributed by atoms with Crippen LogP contribution >= 0.6 is 0 Å². The number of hydrogen-bond donors (Lipinski definition) is 1. The van der Waals surface area contributed by atoms with Crippen molar-refractivity contribution < 1.29 is 14.7 Å². The molecule has 4 atom stereocenters. The fraction of sp³-hybridized carbons (Fsp3) is 0.967. The lowest BCUT2D eigenvalue weighted by Gasteiger charge is -2.57. The molecule has 1 saturated heterocycles. The van der Waals surface area contributed by atoms with Gasteiger partial charge in [0.25, 0.3) is 0 Å². The summed E-state index contributed by atoms with van der Waals surface area (Å²) in [6.07, 6.45) is 22.7. The van der Waals surface area contributed by atoms with Gasteiger partial charge in [0.1, 0.15) is 6.10 Å². The van der Waals surface area contributed by atoms with Gasteiger partial charge in [-0.15, -0.1) is 0 Å². The highest BCUT2D eigenvalue weighted by Crippen LogP contribution is 2.45. The molecule has 1 rings (SSSR count). The van der Waals surface area contributed by atoms with Crippen molar-refractivity contribution >= 4 is 5.97 Å². The summed E-state index contributed by atoms with van der Waals surface area (Å²) >= 11 is 0. The molecule has 0 saturated carbocycles. The van der Waals surface area contributed by atoms with Crippen LogP contribution in [0, 0.1) is 5.92 Å². The third-order valence-electron chi connectivity index (χ3n) is 8.92. The molecule has 1 aliphatic rings. The monoisotopic (exact) mass is 481 g/mol. The fourth-order valence-electron chi connectivity index (χ4n) is 5.68. The SMILES string of the molecule is CCCCCCCCCCCCCCCCCC(=O)OC1CC(C)(CC)N(O)C(C)(CC)C1C. The Labute approximate surface area is 212 Å². The molecule has 202 valence electrons. The predicted molar refractivity (Wildman–Crippen MR) is 144 cm³/mol. The van der Waals surface area contributed by atoms with E-state index in [0.717, 1.165) is 25.7 Å². The lowest BCUT2D eigenvalue weighted by Crippen LogP contribution is -2.67. The van der Waals surface area contributed by atoms with Gasteiger partial charge in [-0.05, 0) is 33.1 Å². The minimum Gasteiger partial charge on any atom is -0.462 e. The number of unbranched alkanes of at least 4 members (excludes halogenated alkanes) is 14. The Morgan fingerprint density at radius 2 is 1.24 bits per heavy atom. The van der Waals surface area contributed by atoms with Crippen molar-refractivity contribution in [3.8, 4) is 0 Å². The molecule has 0 spiro atoms. The molecule has 4 unspecified atom stereocenters. The molecule has 0 amide bonds. The first-order valence-corrected chi connectivity index (χ1v) is 14.9. The van der Waals surface area contributed by atoms with Crippen LogP contribution in [0.5, 0.6) is 0 Å². The van der Waals surface area contributed by atoms with Gasteiger partial charge in [0.15, 0.2) is 0 Å². The maximum absolute atomic E-state index is 12.6. The lowest BCUT2D eigenvalue weighted by molar-refractivity contribution is -0.289. The van der Waals surface area contributed by atoms with E-state index in [9.17, 15) is 10.0 Å². The van der Waals surface area contributed by atoms with E-state index in [4.69, 9.17) is 4.74 Å². The number of esters is 1. The van der Waals surface area contributed by atoms with Crippen LogP contribution in [0.15, 0.2) is 0 Å². The molecule has 1 N–H and O–H groups in total. The summed E-state index contributed by atoms with van der Waals surface area (Å²) in [4.78, 5) is 12.6. The van der Waals surface area contributed by atoms with E-state index in [-0.39, 0.29) is 29.1 Å². The second-order valence-electron chi connectivity index (χ2n) is 11.6. The molecule has 0 aromatic carbocycles. The van der Waals surface area contributed by atoms with Crippen molar-refractivity contribution in [2.75, 3.05) is 0 Å². The van der Waals surface area contributed by atoms with Crippen molar-refractivity contribution in [1.82, 2.24) is 5.06 Å². The van der Waals surface area contributed by atoms with Crippen molar-refractivity contribution in [2.45, 2.75) is 181 Å². The molecule has 1 fully saturated rings. The molecule has 1 aliphatic heterocycles. The smallest absolute Gasteiger partial charge is 0.306 e. The summed E-state index contributed by atoms with van der Waals surface area (Å²) in [6.45, 7) is 12.8. The van der Waals surface area contributed by atoms with Gasteiger partial charge in [0.2, 0.25) is 0 Å². The largest absolute Gasteiger partial charge is 0.462 e. The van der Waals surface area contributed by atoms with Gasteiger partial charge in [-0.2, -0.15) is 5.06 Å². The van der Waals surface area contributed by atoms with Crippen LogP contribution in [0.1, 0.15) is 164 Å². The van der Waals surface area contributed by atoms with Crippen molar-refractivity contribution in [3.05, 3.63) is 0 Å². The van der Waals surface area contributed by atoms with Gasteiger partial charge in [-0.1, -0.05) is 118 Å². The average molecular weight is 482 g/mol. The Morgan fingerprint density at radius 3 is 1.65 bits per heavy atom. The molecule has 0 aliphatic carbocycles. The average Bonchev–Trinajstić information content (AvgIpc) is 2.83. The number of piperidine rings is 1. The van der Waals surface area contributed by atoms with Gasteiger partial charge in [-0.25, -0.2) is 0 Å². The Bertz CT molecular complexity index is 539. The number of ether oxygens (including phenoxy) is 1. The number of carbonyl (C=O) groups is 1. The zero-order valence-corrected chi connectivity index (χ0v) is 23.8. The van der Waals surface area contributed by atoms with E-state index in [1.165, 1.54) is 83.5 Å². The van der Waals surface area contributed by atoms with Gasteiger partial charge in [-0.3, -0.25) is 4.79 Å². The maximum Gasteiger partial charge on any atom is 0.306 e. The fourth-order valence-corrected chi connectivity index (χ4v) is 5.68. The molecule has 0 aromatic heterocycles. The molecule has 0 bridgehead atoms. The van der Waals surface area contributed by atoms with Crippen molar-refractivity contribution in [1.29, 1.82) is 0 Å². The van der Waals surface area contributed by atoms with Gasteiger partial charge in [0, 0.05) is 29.8 Å². The molecule has 4 nitrogen and oxygen atoms in total. The number of rotatable bonds is 19. The second-order valence-corrected chi connectivity index (χ2v) is 11.6. The zero-order valence-electron chi connectivity index (χ0n) is 23.8. The first-order valence-electron chi connectivity index (χ1n) is 14.9. The molecule has 0 aromatic rings. The summed E-state index contributed by atoms with van der Waals surface area (Å²) in [7, 11) is 0. The van der Waals surface area contributed by atoms with Gasteiger partial charge in [0.05, 0.1) is 0 Å². The third-order valence-corrected chi connectivity index (χ3v) is 8.92. The Morgan fingerprint density at radius 1 is 0.794 bits per heavy atom. The zero-order chi connectivity index (χ0) is 25.5. The minimum absolute atomic E-state index is 0.0603. The molecule has 4 heteroatoms. The molecule has 1 heterocycles. The third kappa shape index (κ3) is 10.2. The van der Waals surface area contributed by atoms with Crippen LogP contribution in [-0.4, -0.2) is 33.4 Å². The molecular weight excluding hydrogens is 422 g/mol. The number of carbonyl (C=O) groups excluding carboxylic acids is 1. The predicted octanol–water partition coefficient (Wildman–Crippen LogP) is 9.23. The standard InChI is InChI=1S/C30H59NO3/c1-7-10-11-12-13-14-15-16-17-18-19-20-21-22-23-24-28(32)34-27-25-29(5,8-2)31(33)30(6,9-3)26(27)4/h26-27,33H,7-25H2,1-6H3. The number of nitrogens with zero attached hydrogens (tertiary/aromatic N) is 1. The van der Waals surface area contributed by atoms with E-state index in [1.807, 2.05) is 0 Å². The van der Waals surface area contributed by atoms with Crippen LogP contribution in [0.25, 0.3) is 0 Å². The van der Waals surface area contributed by atoms with Crippen LogP contribution in [0.4, 0.5) is 0 Å². The summed E-state index contributed by atoms with van der Waals surface area (Å²) in [6, 6.07) is 0. The summed E-state index contributed by atoms with van der Waals surface area (Å²) in [5, 5.41) is 12.5. The number of hydrogen-bond acceptors (Lipinski definition) is 4. The summed E-state index contributed by atoms with van der Waals surface area (Å²) in [5.74, 6) is 0.0435. The molecule has 0 radical (unpaired) electrons. The minimum atomic E-state index is -0.372. The van der Waals surface area contributed by atoms with Crippen LogP contribution in [0.2, 0.25) is 0 Å². The highest BCUT2D eigenvalue weighted by molar-refractivity contribution is 5.69. The molecular formula is C30H59NO3.